The zero-order valence-corrected chi connectivity index (χ0v) is 16.8. The number of carbonyl (C=O) groups excluding carboxylic acids is 1. The quantitative estimate of drug-likeness (QED) is 0.673. The number of ether oxygens (including phenoxy) is 1. The summed E-state index contributed by atoms with van der Waals surface area (Å²) < 4.78 is 7.13. The van der Waals surface area contributed by atoms with Gasteiger partial charge in [0.25, 0.3) is 0 Å². The first-order chi connectivity index (χ1) is 14.1. The van der Waals surface area contributed by atoms with Crippen LogP contribution < -0.4 is 15.8 Å². The fourth-order valence-corrected chi connectivity index (χ4v) is 4.32. The van der Waals surface area contributed by atoms with E-state index in [4.69, 9.17) is 10.5 Å². The molecular formula is C21H28N6O2. The lowest BCUT2D eigenvalue weighted by Gasteiger charge is -2.22. The molecule has 0 unspecified atom stereocenters. The van der Waals surface area contributed by atoms with Crippen LogP contribution in [0.1, 0.15) is 55.7 Å². The van der Waals surface area contributed by atoms with Gasteiger partial charge in [-0.3, -0.25) is 9.48 Å². The molecule has 1 atom stereocenters. The van der Waals surface area contributed by atoms with Gasteiger partial charge in [-0.25, -0.2) is 0 Å². The largest absolute Gasteiger partial charge is 0.480 e. The molecule has 3 aliphatic rings. The number of amides is 1. The molecule has 2 heterocycles. The normalized spacial score (nSPS) is 20.0. The van der Waals surface area contributed by atoms with Crippen LogP contribution in [0.25, 0.3) is 0 Å². The number of aromatic nitrogens is 4. The lowest BCUT2D eigenvalue weighted by Crippen LogP contribution is -2.43. The lowest BCUT2D eigenvalue weighted by atomic mass is 9.89. The number of nitrogens with one attached hydrogen (secondary N) is 1. The Morgan fingerprint density at radius 1 is 1.24 bits per heavy atom. The van der Waals surface area contributed by atoms with Crippen LogP contribution in [0.15, 0.2) is 18.5 Å². The molecule has 0 aliphatic heterocycles. The molecule has 29 heavy (non-hydrogen) atoms. The lowest BCUT2D eigenvalue weighted by molar-refractivity contribution is -0.118. The number of nitrogens with two attached hydrogens (primary N) is 1. The average molecular weight is 396 g/mol. The third-order valence-corrected chi connectivity index (χ3v) is 6.33. The van der Waals surface area contributed by atoms with Crippen molar-refractivity contribution in [3.8, 4) is 5.88 Å². The Bertz CT molecular complexity index is 888. The maximum Gasteiger partial charge on any atom is 0.241 e. The molecule has 0 radical (unpaired) electrons. The van der Waals surface area contributed by atoms with Gasteiger partial charge in [-0.1, -0.05) is 0 Å². The Morgan fingerprint density at radius 3 is 2.59 bits per heavy atom. The molecule has 1 amide bonds. The van der Waals surface area contributed by atoms with Gasteiger partial charge >= 0.3 is 0 Å². The Labute approximate surface area is 170 Å². The van der Waals surface area contributed by atoms with Crippen LogP contribution in [0.5, 0.6) is 5.88 Å². The van der Waals surface area contributed by atoms with E-state index in [1.54, 1.807) is 18.0 Å². The summed E-state index contributed by atoms with van der Waals surface area (Å²) in [6.07, 6.45) is 10.7. The van der Waals surface area contributed by atoms with Gasteiger partial charge in [0, 0.05) is 17.7 Å². The predicted molar refractivity (Wildman–Crippen MR) is 107 cm³/mol. The average Bonchev–Trinajstić information content (AvgIpc) is 3.58. The highest BCUT2D eigenvalue weighted by molar-refractivity contribution is 5.94. The summed E-state index contributed by atoms with van der Waals surface area (Å²) in [6, 6.07) is 1.61. The van der Waals surface area contributed by atoms with Crippen molar-refractivity contribution in [1.82, 2.24) is 20.0 Å². The number of anilines is 1. The van der Waals surface area contributed by atoms with Crippen molar-refractivity contribution in [3.05, 3.63) is 29.7 Å². The van der Waals surface area contributed by atoms with Crippen LogP contribution in [-0.4, -0.2) is 39.0 Å². The molecule has 3 N–H and O–H groups in total. The summed E-state index contributed by atoms with van der Waals surface area (Å²) >= 11 is 0. The molecule has 0 aromatic carbocycles. The number of carbonyl (C=O) groups is 1. The summed E-state index contributed by atoms with van der Waals surface area (Å²) in [6.45, 7) is 0.507. The summed E-state index contributed by atoms with van der Waals surface area (Å²) in [5.41, 5.74) is 8.95. The molecule has 3 fully saturated rings. The van der Waals surface area contributed by atoms with Crippen LogP contribution in [0.2, 0.25) is 0 Å². The highest BCUT2D eigenvalue weighted by Crippen LogP contribution is 2.50. The first-order valence-electron chi connectivity index (χ1n) is 10.6. The van der Waals surface area contributed by atoms with Crippen molar-refractivity contribution < 1.29 is 9.53 Å². The second kappa shape index (κ2) is 7.40. The van der Waals surface area contributed by atoms with E-state index >= 15 is 0 Å². The van der Waals surface area contributed by atoms with Gasteiger partial charge in [0.15, 0.2) is 0 Å². The van der Waals surface area contributed by atoms with Crippen molar-refractivity contribution in [2.45, 2.75) is 57.0 Å². The first kappa shape index (κ1) is 18.5. The number of rotatable bonds is 9. The van der Waals surface area contributed by atoms with Gasteiger partial charge in [-0.15, -0.1) is 5.10 Å². The molecule has 3 aliphatic carbocycles. The van der Waals surface area contributed by atoms with Crippen molar-refractivity contribution in [2.24, 2.45) is 23.5 Å². The number of hydrogen-bond donors (Lipinski definition) is 2. The third-order valence-electron chi connectivity index (χ3n) is 6.33. The molecule has 5 rings (SSSR count). The SMILES string of the molecule is COc1nnc(C2CC2)cc1Cn1cc(NC(=O)[C@@H](N)C(C2CC2)C2CC2)cn1. The second-order valence-electron chi connectivity index (χ2n) is 8.77. The highest BCUT2D eigenvalue weighted by atomic mass is 16.5. The van der Waals surface area contributed by atoms with Gasteiger partial charge in [0.2, 0.25) is 11.8 Å². The molecule has 0 bridgehead atoms. The molecule has 154 valence electrons. The van der Waals surface area contributed by atoms with Crippen LogP contribution >= 0.6 is 0 Å². The van der Waals surface area contributed by atoms with Gasteiger partial charge in [-0.2, -0.15) is 10.2 Å². The summed E-state index contributed by atoms with van der Waals surface area (Å²) in [5.74, 6) is 2.53. The van der Waals surface area contributed by atoms with Crippen molar-refractivity contribution >= 4 is 11.6 Å². The zero-order chi connectivity index (χ0) is 20.0. The van der Waals surface area contributed by atoms with Gasteiger partial charge in [-0.05, 0) is 62.3 Å². The first-order valence-corrected chi connectivity index (χ1v) is 10.6. The number of hydrogen-bond acceptors (Lipinski definition) is 6. The Kier molecular flexibility index (Phi) is 4.73. The number of methoxy groups -OCH3 is 1. The van der Waals surface area contributed by atoms with Crippen molar-refractivity contribution in [1.29, 1.82) is 0 Å². The Morgan fingerprint density at radius 2 is 1.97 bits per heavy atom. The molecule has 0 saturated heterocycles. The predicted octanol–water partition coefficient (Wildman–Crippen LogP) is 2.31. The maximum absolute atomic E-state index is 12.7. The standard InChI is InChI=1S/C21H28N6O2/c1-29-21-15(8-17(25-26-21)12-2-3-12)10-27-11-16(9-23-27)24-20(28)19(22)18(13-4-5-13)14-6-7-14/h8-9,11-14,18-19H,2-7,10,22H2,1H3,(H,24,28)/t19-/m0/s1. The summed E-state index contributed by atoms with van der Waals surface area (Å²) in [7, 11) is 1.59. The minimum atomic E-state index is -0.441. The maximum atomic E-state index is 12.7. The fraction of sp³-hybridized carbons (Fsp3) is 0.619. The molecule has 8 nitrogen and oxygen atoms in total. The molecule has 2 aromatic heterocycles. The van der Waals surface area contributed by atoms with E-state index in [0.29, 0.717) is 41.8 Å². The third kappa shape index (κ3) is 4.12. The Hall–Kier alpha value is -2.48. The highest BCUT2D eigenvalue weighted by Gasteiger charge is 2.46. The molecule has 2 aromatic rings. The van der Waals surface area contributed by atoms with Crippen molar-refractivity contribution in [2.75, 3.05) is 12.4 Å². The van der Waals surface area contributed by atoms with Crippen LogP contribution in [0.4, 0.5) is 5.69 Å². The van der Waals surface area contributed by atoms with E-state index < -0.39 is 6.04 Å². The molecule has 3 saturated carbocycles. The minimum Gasteiger partial charge on any atom is -0.480 e. The molecule has 0 spiro atoms. The van der Waals surface area contributed by atoms with Gasteiger partial charge in [0.05, 0.1) is 37.3 Å². The monoisotopic (exact) mass is 396 g/mol. The van der Waals surface area contributed by atoms with Crippen LogP contribution in [0, 0.1) is 17.8 Å². The zero-order valence-electron chi connectivity index (χ0n) is 16.8. The topological polar surface area (TPSA) is 108 Å². The van der Waals surface area contributed by atoms with Crippen LogP contribution in [-0.2, 0) is 11.3 Å². The molecular weight excluding hydrogens is 368 g/mol. The van der Waals surface area contributed by atoms with E-state index in [-0.39, 0.29) is 5.91 Å². The second-order valence-corrected chi connectivity index (χ2v) is 8.77. The summed E-state index contributed by atoms with van der Waals surface area (Å²) in [4.78, 5) is 12.7. The number of nitrogens with zero attached hydrogens (tertiary/aromatic N) is 4. The smallest absolute Gasteiger partial charge is 0.241 e. The van der Waals surface area contributed by atoms with E-state index in [0.717, 1.165) is 11.3 Å². The van der Waals surface area contributed by atoms with E-state index in [1.807, 2.05) is 6.20 Å². The van der Waals surface area contributed by atoms with Crippen molar-refractivity contribution in [3.63, 3.8) is 0 Å². The Balaban J connectivity index is 1.25. The van der Waals surface area contributed by atoms with E-state index in [2.05, 4.69) is 26.7 Å². The van der Waals surface area contributed by atoms with E-state index in [9.17, 15) is 4.79 Å². The summed E-state index contributed by atoms with van der Waals surface area (Å²) in [5, 5.41) is 15.8. The van der Waals surface area contributed by atoms with E-state index in [1.165, 1.54) is 38.5 Å². The fourth-order valence-electron chi connectivity index (χ4n) is 4.32. The van der Waals surface area contributed by atoms with Gasteiger partial charge in [0.1, 0.15) is 0 Å². The van der Waals surface area contributed by atoms with Gasteiger partial charge < -0.3 is 15.8 Å². The van der Waals surface area contributed by atoms with Crippen LogP contribution in [0.3, 0.4) is 0 Å². The molecule has 8 heteroatoms. The minimum absolute atomic E-state index is 0.104.